The van der Waals surface area contributed by atoms with Gasteiger partial charge in [0.1, 0.15) is 0 Å². The third kappa shape index (κ3) is 4.43. The topological polar surface area (TPSA) is 92.7 Å². The minimum Gasteiger partial charge on any atom is -0.481 e. The Labute approximate surface area is 120 Å². The zero-order valence-corrected chi connectivity index (χ0v) is 12.4. The molecule has 1 amide bonds. The molecular formula is C13H17NO5S. The smallest absolute Gasteiger partial charge is 0.305 e. The Bertz CT molecular complexity index is 525. The molecule has 110 valence electrons. The zero-order chi connectivity index (χ0) is 15.3. The highest BCUT2D eigenvalue weighted by molar-refractivity contribution is 7.12. The zero-order valence-electron chi connectivity index (χ0n) is 11.6. The molecule has 20 heavy (non-hydrogen) atoms. The summed E-state index contributed by atoms with van der Waals surface area (Å²) in [5.74, 6) is -1.56. The van der Waals surface area contributed by atoms with Gasteiger partial charge in [0.15, 0.2) is 5.78 Å². The molecule has 1 rings (SSSR count). The molecule has 0 bridgehead atoms. The van der Waals surface area contributed by atoms with Gasteiger partial charge in [-0.25, -0.2) is 0 Å². The van der Waals surface area contributed by atoms with Crippen molar-refractivity contribution in [1.29, 1.82) is 0 Å². The highest BCUT2D eigenvalue weighted by Crippen LogP contribution is 2.18. The molecule has 0 aliphatic heterocycles. The number of ether oxygens (including phenoxy) is 1. The van der Waals surface area contributed by atoms with Crippen LogP contribution in [0.15, 0.2) is 11.4 Å². The second-order valence-corrected chi connectivity index (χ2v) is 5.69. The number of rotatable bonds is 7. The summed E-state index contributed by atoms with van der Waals surface area (Å²) in [5, 5.41) is 13.1. The number of hydrogen-bond donors (Lipinski definition) is 2. The van der Waals surface area contributed by atoms with E-state index in [4.69, 9.17) is 9.84 Å². The number of amides is 1. The van der Waals surface area contributed by atoms with E-state index in [-0.39, 0.29) is 18.8 Å². The molecule has 1 aromatic rings. The Balaban J connectivity index is 2.84. The lowest BCUT2D eigenvalue weighted by molar-refractivity contribution is -0.139. The molecule has 1 atom stereocenters. The second-order valence-electron chi connectivity index (χ2n) is 4.77. The number of carboxylic acids is 1. The van der Waals surface area contributed by atoms with Crippen LogP contribution < -0.4 is 5.32 Å². The van der Waals surface area contributed by atoms with Gasteiger partial charge in [-0.2, -0.15) is 0 Å². The number of ketones is 1. The monoisotopic (exact) mass is 299 g/mol. The molecule has 7 heteroatoms. The Morgan fingerprint density at radius 3 is 2.55 bits per heavy atom. The van der Waals surface area contributed by atoms with Gasteiger partial charge in [-0.05, 0) is 19.9 Å². The van der Waals surface area contributed by atoms with E-state index in [1.54, 1.807) is 12.3 Å². The predicted molar refractivity (Wildman–Crippen MR) is 74.3 cm³/mol. The fraction of sp³-hybridized carbons (Fsp3) is 0.462. The van der Waals surface area contributed by atoms with Crippen LogP contribution >= 0.6 is 11.3 Å². The molecule has 0 saturated heterocycles. The molecule has 0 aliphatic carbocycles. The maximum absolute atomic E-state index is 12.1. The fourth-order valence-electron chi connectivity index (χ4n) is 1.76. The Hall–Kier alpha value is -1.73. The number of Topliss-reactive ketones (excluding diaryl/α,β-unsaturated/α-hetero) is 1. The van der Waals surface area contributed by atoms with Gasteiger partial charge in [-0.3, -0.25) is 14.4 Å². The number of carbonyl (C=O) groups excluding carboxylic acids is 2. The Morgan fingerprint density at radius 2 is 2.10 bits per heavy atom. The maximum Gasteiger partial charge on any atom is 0.305 e. The molecule has 1 aromatic heterocycles. The van der Waals surface area contributed by atoms with E-state index < -0.39 is 17.4 Å². The normalized spacial score (nSPS) is 13.6. The summed E-state index contributed by atoms with van der Waals surface area (Å²) in [6.45, 7) is 3.10. The van der Waals surface area contributed by atoms with Gasteiger partial charge in [0, 0.05) is 18.1 Å². The summed E-state index contributed by atoms with van der Waals surface area (Å²) in [6, 6.07) is 1.50. The van der Waals surface area contributed by atoms with Gasteiger partial charge in [0.25, 0.3) is 5.91 Å². The van der Waals surface area contributed by atoms with Crippen molar-refractivity contribution in [1.82, 2.24) is 5.32 Å². The average molecular weight is 299 g/mol. The van der Waals surface area contributed by atoms with Gasteiger partial charge in [-0.15, -0.1) is 11.3 Å². The molecule has 0 aliphatic rings. The molecule has 6 nitrogen and oxygen atoms in total. The van der Waals surface area contributed by atoms with Gasteiger partial charge in [0.05, 0.1) is 23.4 Å². The van der Waals surface area contributed by atoms with E-state index in [0.29, 0.717) is 10.4 Å². The molecule has 2 N–H and O–H groups in total. The molecule has 0 spiro atoms. The second kappa shape index (κ2) is 6.62. The quantitative estimate of drug-likeness (QED) is 0.745. The first-order valence-electron chi connectivity index (χ1n) is 5.90. The lowest BCUT2D eigenvalue weighted by Gasteiger charge is -2.28. The molecule has 0 radical (unpaired) electrons. The Kier molecular flexibility index (Phi) is 5.41. The van der Waals surface area contributed by atoms with Crippen LogP contribution in [0.1, 0.15) is 40.3 Å². The van der Waals surface area contributed by atoms with E-state index in [1.807, 2.05) is 0 Å². The van der Waals surface area contributed by atoms with Crippen molar-refractivity contribution < 1.29 is 24.2 Å². The van der Waals surface area contributed by atoms with Crippen LogP contribution in [0, 0.1) is 0 Å². The van der Waals surface area contributed by atoms with Crippen LogP contribution in [0.2, 0.25) is 0 Å². The van der Waals surface area contributed by atoms with Crippen molar-refractivity contribution in [3.8, 4) is 0 Å². The van der Waals surface area contributed by atoms with Crippen molar-refractivity contribution >= 4 is 29.0 Å². The maximum atomic E-state index is 12.1. The average Bonchev–Trinajstić information content (AvgIpc) is 2.76. The van der Waals surface area contributed by atoms with E-state index in [9.17, 15) is 14.4 Å². The first-order chi connectivity index (χ1) is 9.27. The summed E-state index contributed by atoms with van der Waals surface area (Å²) >= 11 is 1.14. The first kappa shape index (κ1) is 16.3. The largest absolute Gasteiger partial charge is 0.481 e. The number of aliphatic carboxylic acids is 1. The minimum absolute atomic E-state index is 0.0793. The minimum atomic E-state index is -1.03. The van der Waals surface area contributed by atoms with Crippen LogP contribution in [0.4, 0.5) is 0 Å². The third-order valence-electron chi connectivity index (χ3n) is 2.65. The Morgan fingerprint density at radius 1 is 1.45 bits per heavy atom. The number of carboxylic acid groups (broad SMARTS) is 1. The lowest BCUT2D eigenvalue weighted by atomic mass is 9.99. The summed E-state index contributed by atoms with van der Waals surface area (Å²) in [4.78, 5) is 34.5. The van der Waals surface area contributed by atoms with Gasteiger partial charge in [0.2, 0.25) is 0 Å². The van der Waals surface area contributed by atoms with E-state index >= 15 is 0 Å². The molecule has 1 heterocycles. The summed E-state index contributed by atoms with van der Waals surface area (Å²) in [7, 11) is 1.44. The number of methoxy groups -OCH3 is 1. The van der Waals surface area contributed by atoms with Crippen LogP contribution in [0.25, 0.3) is 0 Å². The van der Waals surface area contributed by atoms with Crippen LogP contribution in [0.3, 0.4) is 0 Å². The van der Waals surface area contributed by atoms with E-state index in [2.05, 4.69) is 5.32 Å². The van der Waals surface area contributed by atoms with Crippen LogP contribution in [-0.4, -0.2) is 42.0 Å². The highest BCUT2D eigenvalue weighted by atomic mass is 32.1. The molecule has 1 unspecified atom stereocenters. The van der Waals surface area contributed by atoms with Gasteiger partial charge >= 0.3 is 5.97 Å². The number of carbonyl (C=O) groups is 3. The molecule has 0 saturated carbocycles. The lowest BCUT2D eigenvalue weighted by Crippen LogP contribution is -2.50. The number of hydrogen-bond acceptors (Lipinski definition) is 5. The van der Waals surface area contributed by atoms with E-state index in [0.717, 1.165) is 11.3 Å². The molecule has 0 aromatic carbocycles. The van der Waals surface area contributed by atoms with Crippen molar-refractivity contribution in [2.45, 2.75) is 25.8 Å². The number of nitrogens with one attached hydrogen (secondary N) is 1. The van der Waals surface area contributed by atoms with Crippen LogP contribution in [0.5, 0.6) is 0 Å². The van der Waals surface area contributed by atoms with Crippen molar-refractivity contribution in [2.24, 2.45) is 0 Å². The van der Waals surface area contributed by atoms with Crippen molar-refractivity contribution in [3.05, 3.63) is 21.9 Å². The van der Waals surface area contributed by atoms with Gasteiger partial charge in [-0.1, -0.05) is 0 Å². The SMILES string of the molecule is COCC(C)(CC(=O)O)NC(=O)c1cc(C(C)=O)cs1. The molecular weight excluding hydrogens is 282 g/mol. The fourth-order valence-corrected chi connectivity index (χ4v) is 2.60. The predicted octanol–water partition coefficient (Wildman–Crippen LogP) is 1.56. The summed E-state index contributed by atoms with van der Waals surface area (Å²) in [6.07, 6.45) is -0.252. The third-order valence-corrected chi connectivity index (χ3v) is 3.58. The van der Waals surface area contributed by atoms with Gasteiger partial charge < -0.3 is 15.2 Å². The highest BCUT2D eigenvalue weighted by Gasteiger charge is 2.30. The summed E-state index contributed by atoms with van der Waals surface area (Å²) in [5.41, 5.74) is -0.537. The van der Waals surface area contributed by atoms with Crippen molar-refractivity contribution in [3.63, 3.8) is 0 Å². The number of thiophene rings is 1. The standard InChI is InChI=1S/C13H17NO5S/c1-8(15)9-4-10(20-6-9)12(18)14-13(2,7-19-3)5-11(16)17/h4,6H,5,7H2,1-3H3,(H,14,18)(H,16,17). The summed E-state index contributed by atoms with van der Waals surface area (Å²) < 4.78 is 4.96. The first-order valence-corrected chi connectivity index (χ1v) is 6.78. The van der Waals surface area contributed by atoms with Crippen molar-refractivity contribution in [2.75, 3.05) is 13.7 Å². The van der Waals surface area contributed by atoms with E-state index in [1.165, 1.54) is 20.1 Å². The van der Waals surface area contributed by atoms with Crippen LogP contribution in [-0.2, 0) is 9.53 Å². The molecule has 0 fully saturated rings.